The minimum absolute atomic E-state index is 0.194. The first-order valence-corrected chi connectivity index (χ1v) is 5.39. The number of aldehydes is 1. The van der Waals surface area contributed by atoms with E-state index in [0.717, 1.165) is 17.6 Å². The van der Waals surface area contributed by atoms with Crippen LogP contribution in [0.4, 0.5) is 0 Å². The molecule has 0 amide bonds. The second-order valence-corrected chi connectivity index (χ2v) is 4.86. The van der Waals surface area contributed by atoms with E-state index in [1.165, 1.54) is 0 Å². The van der Waals surface area contributed by atoms with E-state index in [0.29, 0.717) is 6.42 Å². The predicted molar refractivity (Wildman–Crippen MR) is 64.6 cm³/mol. The van der Waals surface area contributed by atoms with Crippen LogP contribution in [0.3, 0.4) is 0 Å². The average Bonchev–Trinajstić information content (AvgIpc) is 2.18. The van der Waals surface area contributed by atoms with E-state index in [9.17, 15) is 4.79 Å². The molecule has 0 saturated heterocycles. The molecule has 3 heteroatoms. The number of nitrogens with two attached hydrogens (primary N) is 1. The number of benzene rings is 1. The fourth-order valence-corrected chi connectivity index (χ4v) is 1.37. The van der Waals surface area contributed by atoms with Crippen LogP contribution in [0.25, 0.3) is 0 Å². The molecule has 0 saturated carbocycles. The van der Waals surface area contributed by atoms with Crippen molar-refractivity contribution < 1.29 is 9.53 Å². The standard InChI is InChI=1S/C13H19NO2/c1-13(2,3)16-12-6-4-10(5-7-12)8-11(14)9-15/h4-7,9,11H,8,14H2,1-3H3/t11-/m1/s1. The van der Waals surface area contributed by atoms with Gasteiger partial charge in [0.15, 0.2) is 0 Å². The van der Waals surface area contributed by atoms with Crippen LogP contribution >= 0.6 is 0 Å². The molecular weight excluding hydrogens is 202 g/mol. The SMILES string of the molecule is CC(C)(C)Oc1ccc(C[C@@H](N)C=O)cc1. The lowest BCUT2D eigenvalue weighted by atomic mass is 10.1. The van der Waals surface area contributed by atoms with Crippen LogP contribution in [-0.4, -0.2) is 17.9 Å². The monoisotopic (exact) mass is 221 g/mol. The van der Waals surface area contributed by atoms with Gasteiger partial charge in [0.1, 0.15) is 17.6 Å². The smallest absolute Gasteiger partial charge is 0.137 e. The maximum Gasteiger partial charge on any atom is 0.137 e. The van der Waals surface area contributed by atoms with Gasteiger partial charge < -0.3 is 15.3 Å². The number of ether oxygens (including phenoxy) is 1. The van der Waals surface area contributed by atoms with Gasteiger partial charge in [0.05, 0.1) is 6.04 Å². The Hall–Kier alpha value is -1.35. The normalized spacial score (nSPS) is 13.2. The quantitative estimate of drug-likeness (QED) is 0.790. The van der Waals surface area contributed by atoms with Crippen molar-refractivity contribution in [2.75, 3.05) is 0 Å². The Morgan fingerprint density at radius 1 is 1.31 bits per heavy atom. The Bertz CT molecular complexity index is 338. The molecule has 3 nitrogen and oxygen atoms in total. The maximum atomic E-state index is 10.4. The number of carbonyl (C=O) groups excluding carboxylic acids is 1. The zero-order valence-electron chi connectivity index (χ0n) is 10.1. The second-order valence-electron chi connectivity index (χ2n) is 4.86. The molecule has 1 aromatic rings. The van der Waals surface area contributed by atoms with Crippen molar-refractivity contribution in [3.8, 4) is 5.75 Å². The molecule has 0 aliphatic rings. The molecule has 0 aliphatic carbocycles. The first-order valence-electron chi connectivity index (χ1n) is 5.39. The molecule has 0 unspecified atom stereocenters. The Morgan fingerprint density at radius 3 is 2.31 bits per heavy atom. The van der Waals surface area contributed by atoms with Gasteiger partial charge in [-0.15, -0.1) is 0 Å². The number of hydrogen-bond acceptors (Lipinski definition) is 3. The molecule has 0 aromatic heterocycles. The van der Waals surface area contributed by atoms with E-state index in [1.807, 2.05) is 45.0 Å². The van der Waals surface area contributed by atoms with E-state index in [2.05, 4.69) is 0 Å². The summed E-state index contributed by atoms with van der Waals surface area (Å²) in [6.07, 6.45) is 1.33. The molecule has 0 spiro atoms. The topological polar surface area (TPSA) is 52.3 Å². The molecule has 0 aliphatic heterocycles. The molecule has 1 rings (SSSR count). The number of hydrogen-bond donors (Lipinski definition) is 1. The summed E-state index contributed by atoms with van der Waals surface area (Å²) < 4.78 is 5.69. The number of carbonyl (C=O) groups is 1. The van der Waals surface area contributed by atoms with Gasteiger partial charge in [0, 0.05) is 0 Å². The third kappa shape index (κ3) is 4.45. The highest BCUT2D eigenvalue weighted by molar-refractivity contribution is 5.57. The van der Waals surface area contributed by atoms with Crippen molar-refractivity contribution in [2.45, 2.75) is 38.8 Å². The lowest BCUT2D eigenvalue weighted by Gasteiger charge is -2.21. The van der Waals surface area contributed by atoms with Crippen LogP contribution in [0.2, 0.25) is 0 Å². The molecule has 2 N–H and O–H groups in total. The van der Waals surface area contributed by atoms with Crippen LogP contribution in [0, 0.1) is 0 Å². The summed E-state index contributed by atoms with van der Waals surface area (Å²) >= 11 is 0. The van der Waals surface area contributed by atoms with Crippen LogP contribution in [0.5, 0.6) is 5.75 Å². The van der Waals surface area contributed by atoms with Gasteiger partial charge in [-0.05, 0) is 44.9 Å². The van der Waals surface area contributed by atoms with E-state index in [-0.39, 0.29) is 5.60 Å². The Morgan fingerprint density at radius 2 is 1.88 bits per heavy atom. The third-order valence-corrected chi connectivity index (χ3v) is 1.99. The molecule has 0 fully saturated rings. The fourth-order valence-electron chi connectivity index (χ4n) is 1.37. The first kappa shape index (κ1) is 12.7. The Balaban J connectivity index is 2.64. The fraction of sp³-hybridized carbons (Fsp3) is 0.462. The van der Waals surface area contributed by atoms with Gasteiger partial charge in [-0.2, -0.15) is 0 Å². The summed E-state index contributed by atoms with van der Waals surface area (Å²) in [5.41, 5.74) is 6.39. The van der Waals surface area contributed by atoms with E-state index in [1.54, 1.807) is 0 Å². The van der Waals surface area contributed by atoms with Crippen molar-refractivity contribution in [2.24, 2.45) is 5.73 Å². The summed E-state index contributed by atoms with van der Waals surface area (Å²) in [7, 11) is 0. The Kier molecular flexibility index (Phi) is 4.07. The van der Waals surface area contributed by atoms with Crippen LogP contribution in [0.1, 0.15) is 26.3 Å². The highest BCUT2D eigenvalue weighted by atomic mass is 16.5. The molecule has 88 valence electrons. The van der Waals surface area contributed by atoms with Crippen LogP contribution in [0.15, 0.2) is 24.3 Å². The summed E-state index contributed by atoms with van der Waals surface area (Å²) in [6, 6.07) is 7.25. The lowest BCUT2D eigenvalue weighted by molar-refractivity contribution is -0.108. The minimum atomic E-state index is -0.422. The zero-order valence-corrected chi connectivity index (χ0v) is 10.1. The van der Waals surface area contributed by atoms with Crippen molar-refractivity contribution in [1.29, 1.82) is 0 Å². The van der Waals surface area contributed by atoms with Gasteiger partial charge in [0.2, 0.25) is 0 Å². The minimum Gasteiger partial charge on any atom is -0.488 e. The molecule has 0 heterocycles. The van der Waals surface area contributed by atoms with E-state index >= 15 is 0 Å². The lowest BCUT2D eigenvalue weighted by Crippen LogP contribution is -2.24. The summed E-state index contributed by atoms with van der Waals surface area (Å²) in [5.74, 6) is 0.830. The third-order valence-electron chi connectivity index (χ3n) is 1.99. The van der Waals surface area contributed by atoms with Gasteiger partial charge in [-0.3, -0.25) is 0 Å². The van der Waals surface area contributed by atoms with Gasteiger partial charge in [0.25, 0.3) is 0 Å². The molecule has 0 radical (unpaired) electrons. The highest BCUT2D eigenvalue weighted by Gasteiger charge is 2.11. The molecule has 16 heavy (non-hydrogen) atoms. The van der Waals surface area contributed by atoms with E-state index in [4.69, 9.17) is 10.5 Å². The van der Waals surface area contributed by atoms with E-state index < -0.39 is 6.04 Å². The van der Waals surface area contributed by atoms with Crippen molar-refractivity contribution in [1.82, 2.24) is 0 Å². The van der Waals surface area contributed by atoms with Gasteiger partial charge >= 0.3 is 0 Å². The molecule has 1 atom stereocenters. The van der Waals surface area contributed by atoms with Crippen molar-refractivity contribution in [3.63, 3.8) is 0 Å². The zero-order chi connectivity index (χ0) is 12.2. The molecular formula is C13H19NO2. The van der Waals surface area contributed by atoms with Crippen molar-refractivity contribution >= 4 is 6.29 Å². The summed E-state index contributed by atoms with van der Waals surface area (Å²) in [4.78, 5) is 10.4. The van der Waals surface area contributed by atoms with Crippen LogP contribution < -0.4 is 10.5 Å². The first-order chi connectivity index (χ1) is 7.40. The summed E-state index contributed by atoms with van der Waals surface area (Å²) in [5, 5.41) is 0. The maximum absolute atomic E-state index is 10.4. The van der Waals surface area contributed by atoms with Crippen molar-refractivity contribution in [3.05, 3.63) is 29.8 Å². The van der Waals surface area contributed by atoms with Crippen LogP contribution in [-0.2, 0) is 11.2 Å². The van der Waals surface area contributed by atoms with Gasteiger partial charge in [-0.25, -0.2) is 0 Å². The predicted octanol–water partition coefficient (Wildman–Crippen LogP) is 1.93. The number of rotatable bonds is 4. The van der Waals surface area contributed by atoms with Gasteiger partial charge in [-0.1, -0.05) is 12.1 Å². The average molecular weight is 221 g/mol. The molecule has 0 bridgehead atoms. The highest BCUT2D eigenvalue weighted by Crippen LogP contribution is 2.18. The second kappa shape index (κ2) is 5.12. The Labute approximate surface area is 96.6 Å². The molecule has 1 aromatic carbocycles. The largest absolute Gasteiger partial charge is 0.488 e. The summed E-state index contributed by atoms with van der Waals surface area (Å²) in [6.45, 7) is 6.01.